The summed E-state index contributed by atoms with van der Waals surface area (Å²) in [6, 6.07) is 0.514. The van der Waals surface area contributed by atoms with Gasteiger partial charge in [-0.05, 0) is 20.3 Å². The van der Waals surface area contributed by atoms with E-state index in [9.17, 15) is 0 Å². The molecule has 0 amide bonds. The maximum atomic E-state index is 4.16. The first-order valence-corrected chi connectivity index (χ1v) is 6.21. The Kier molecular flexibility index (Phi) is 9.33. The second kappa shape index (κ2) is 9.81. The molecular weight excluding hydrogens is 186 g/mol. The summed E-state index contributed by atoms with van der Waals surface area (Å²) in [6.07, 6.45) is 6.55. The maximum Gasteiger partial charge on any atom is 0.191 e. The zero-order valence-corrected chi connectivity index (χ0v) is 10.8. The molecule has 0 aliphatic heterocycles. The van der Waals surface area contributed by atoms with E-state index in [2.05, 4.69) is 36.4 Å². The molecule has 2 N–H and O–H groups in total. The number of guanidine groups is 1. The Balaban J connectivity index is 3.57. The van der Waals surface area contributed by atoms with Crippen LogP contribution < -0.4 is 10.6 Å². The van der Waals surface area contributed by atoms with Crippen LogP contribution >= 0.6 is 0 Å². The van der Waals surface area contributed by atoms with Crippen LogP contribution in [-0.4, -0.2) is 25.6 Å². The van der Waals surface area contributed by atoms with Crippen molar-refractivity contribution in [3.05, 3.63) is 0 Å². The van der Waals surface area contributed by atoms with Crippen molar-refractivity contribution in [3.63, 3.8) is 0 Å². The smallest absolute Gasteiger partial charge is 0.191 e. The normalized spacial score (nSPS) is 13.7. The van der Waals surface area contributed by atoms with E-state index in [-0.39, 0.29) is 0 Å². The fourth-order valence-electron chi connectivity index (χ4n) is 1.54. The minimum atomic E-state index is 0.514. The molecule has 0 aliphatic carbocycles. The summed E-state index contributed by atoms with van der Waals surface area (Å²) < 4.78 is 0. The predicted octanol–water partition coefficient (Wildman–Crippen LogP) is 2.53. The molecule has 0 fully saturated rings. The Labute approximate surface area is 94.7 Å². The van der Waals surface area contributed by atoms with Crippen molar-refractivity contribution in [2.24, 2.45) is 4.99 Å². The van der Waals surface area contributed by atoms with Gasteiger partial charge in [0, 0.05) is 19.6 Å². The van der Waals surface area contributed by atoms with Gasteiger partial charge in [0.25, 0.3) is 0 Å². The molecule has 0 saturated heterocycles. The molecule has 0 rings (SSSR count). The number of unbranched alkanes of at least 4 members (excludes halogenated alkanes) is 3. The minimum Gasteiger partial charge on any atom is -0.357 e. The summed E-state index contributed by atoms with van der Waals surface area (Å²) in [7, 11) is 1.81. The van der Waals surface area contributed by atoms with Crippen LogP contribution in [-0.2, 0) is 0 Å². The molecule has 1 atom stereocenters. The van der Waals surface area contributed by atoms with Crippen LogP contribution in [0.15, 0.2) is 4.99 Å². The fraction of sp³-hybridized carbons (Fsp3) is 0.917. The Morgan fingerprint density at radius 1 is 1.20 bits per heavy atom. The lowest BCUT2D eigenvalue weighted by Crippen LogP contribution is -2.42. The standard InChI is InChI=1S/C12H27N3/c1-5-7-8-9-10-11(3)15-12(13-4)14-6-2/h11H,5-10H2,1-4H3,(H2,13,14,15). The van der Waals surface area contributed by atoms with Gasteiger partial charge in [0.2, 0.25) is 0 Å². The molecule has 3 heteroatoms. The van der Waals surface area contributed by atoms with Crippen molar-refractivity contribution in [3.8, 4) is 0 Å². The van der Waals surface area contributed by atoms with Crippen molar-refractivity contribution in [1.29, 1.82) is 0 Å². The lowest BCUT2D eigenvalue weighted by molar-refractivity contribution is 0.538. The number of hydrogen-bond donors (Lipinski definition) is 2. The van der Waals surface area contributed by atoms with Crippen LogP contribution in [0.3, 0.4) is 0 Å². The monoisotopic (exact) mass is 213 g/mol. The number of hydrogen-bond acceptors (Lipinski definition) is 1. The van der Waals surface area contributed by atoms with Gasteiger partial charge in [0.05, 0.1) is 0 Å². The third kappa shape index (κ3) is 8.28. The molecule has 0 aromatic heterocycles. The van der Waals surface area contributed by atoms with E-state index in [0.29, 0.717) is 6.04 Å². The first-order chi connectivity index (χ1) is 7.24. The maximum absolute atomic E-state index is 4.16. The van der Waals surface area contributed by atoms with Crippen LogP contribution in [0.1, 0.15) is 52.9 Å². The van der Waals surface area contributed by atoms with Crippen LogP contribution in [0.4, 0.5) is 0 Å². The predicted molar refractivity (Wildman–Crippen MR) is 68.4 cm³/mol. The van der Waals surface area contributed by atoms with Gasteiger partial charge in [-0.3, -0.25) is 4.99 Å². The van der Waals surface area contributed by atoms with Crippen molar-refractivity contribution < 1.29 is 0 Å². The van der Waals surface area contributed by atoms with Crippen molar-refractivity contribution in [1.82, 2.24) is 10.6 Å². The molecule has 0 aromatic rings. The van der Waals surface area contributed by atoms with Gasteiger partial charge in [0.1, 0.15) is 0 Å². The van der Waals surface area contributed by atoms with E-state index < -0.39 is 0 Å². The highest BCUT2D eigenvalue weighted by molar-refractivity contribution is 5.79. The molecule has 0 bridgehead atoms. The molecule has 0 spiro atoms. The quantitative estimate of drug-likeness (QED) is 0.387. The molecule has 90 valence electrons. The van der Waals surface area contributed by atoms with Gasteiger partial charge >= 0.3 is 0 Å². The lowest BCUT2D eigenvalue weighted by Gasteiger charge is -2.17. The number of nitrogens with one attached hydrogen (secondary N) is 2. The van der Waals surface area contributed by atoms with E-state index >= 15 is 0 Å². The van der Waals surface area contributed by atoms with E-state index in [0.717, 1.165) is 12.5 Å². The molecule has 15 heavy (non-hydrogen) atoms. The second-order valence-corrected chi connectivity index (χ2v) is 4.00. The summed E-state index contributed by atoms with van der Waals surface area (Å²) in [5, 5.41) is 6.59. The van der Waals surface area contributed by atoms with Crippen molar-refractivity contribution in [2.45, 2.75) is 58.9 Å². The topological polar surface area (TPSA) is 36.4 Å². The van der Waals surface area contributed by atoms with Crippen LogP contribution in [0.25, 0.3) is 0 Å². The van der Waals surface area contributed by atoms with E-state index in [4.69, 9.17) is 0 Å². The van der Waals surface area contributed by atoms with Crippen LogP contribution in [0.2, 0.25) is 0 Å². The third-order valence-electron chi connectivity index (χ3n) is 2.44. The molecular formula is C12H27N3. The number of aliphatic imine (C=N–C) groups is 1. The van der Waals surface area contributed by atoms with Crippen LogP contribution in [0, 0.1) is 0 Å². The summed E-state index contributed by atoms with van der Waals surface area (Å²) in [5.74, 6) is 0.917. The Bertz CT molecular complexity index is 166. The number of rotatable bonds is 7. The van der Waals surface area contributed by atoms with Crippen LogP contribution in [0.5, 0.6) is 0 Å². The third-order valence-corrected chi connectivity index (χ3v) is 2.44. The Morgan fingerprint density at radius 3 is 2.47 bits per heavy atom. The first kappa shape index (κ1) is 14.3. The molecule has 0 aliphatic rings. The zero-order valence-electron chi connectivity index (χ0n) is 10.8. The van der Waals surface area contributed by atoms with E-state index in [1.54, 1.807) is 0 Å². The van der Waals surface area contributed by atoms with Gasteiger partial charge in [-0.2, -0.15) is 0 Å². The van der Waals surface area contributed by atoms with Gasteiger partial charge in [0.15, 0.2) is 5.96 Å². The van der Waals surface area contributed by atoms with E-state index in [1.165, 1.54) is 32.1 Å². The lowest BCUT2D eigenvalue weighted by atomic mass is 10.1. The highest BCUT2D eigenvalue weighted by Gasteiger charge is 2.03. The number of nitrogens with zero attached hydrogens (tertiary/aromatic N) is 1. The average molecular weight is 213 g/mol. The minimum absolute atomic E-state index is 0.514. The fourth-order valence-corrected chi connectivity index (χ4v) is 1.54. The zero-order chi connectivity index (χ0) is 11.5. The molecule has 0 radical (unpaired) electrons. The highest BCUT2D eigenvalue weighted by Crippen LogP contribution is 2.04. The summed E-state index contributed by atoms with van der Waals surface area (Å²) in [4.78, 5) is 4.16. The summed E-state index contributed by atoms with van der Waals surface area (Å²) in [6.45, 7) is 7.46. The van der Waals surface area contributed by atoms with Gasteiger partial charge in [-0.25, -0.2) is 0 Å². The Morgan fingerprint density at radius 2 is 1.93 bits per heavy atom. The Hall–Kier alpha value is -0.730. The van der Waals surface area contributed by atoms with Gasteiger partial charge in [-0.15, -0.1) is 0 Å². The second-order valence-electron chi connectivity index (χ2n) is 4.00. The summed E-state index contributed by atoms with van der Waals surface area (Å²) >= 11 is 0. The SMILES string of the molecule is CCCCCCC(C)NC(=NC)NCC. The summed E-state index contributed by atoms with van der Waals surface area (Å²) in [5.41, 5.74) is 0. The van der Waals surface area contributed by atoms with Gasteiger partial charge < -0.3 is 10.6 Å². The molecule has 0 heterocycles. The molecule has 0 aromatic carbocycles. The molecule has 0 saturated carbocycles. The average Bonchev–Trinajstić information content (AvgIpc) is 2.24. The first-order valence-electron chi connectivity index (χ1n) is 6.21. The van der Waals surface area contributed by atoms with Gasteiger partial charge in [-0.1, -0.05) is 32.6 Å². The van der Waals surface area contributed by atoms with Crippen molar-refractivity contribution >= 4 is 5.96 Å². The molecule has 3 nitrogen and oxygen atoms in total. The van der Waals surface area contributed by atoms with E-state index in [1.807, 2.05) is 7.05 Å². The highest BCUT2D eigenvalue weighted by atomic mass is 15.2. The van der Waals surface area contributed by atoms with Crippen molar-refractivity contribution in [2.75, 3.05) is 13.6 Å². The largest absolute Gasteiger partial charge is 0.357 e. The molecule has 1 unspecified atom stereocenters.